The Kier molecular flexibility index (Phi) is 7.22. The van der Waals surface area contributed by atoms with Crippen LogP contribution in [0.25, 0.3) is 0 Å². The van der Waals surface area contributed by atoms with Gasteiger partial charge in [-0.2, -0.15) is 0 Å². The van der Waals surface area contributed by atoms with E-state index in [0.717, 1.165) is 55.5 Å². The van der Waals surface area contributed by atoms with Crippen molar-refractivity contribution in [1.29, 1.82) is 0 Å². The van der Waals surface area contributed by atoms with Gasteiger partial charge in [0, 0.05) is 19.2 Å². The molecule has 0 atom stereocenters. The lowest BCUT2D eigenvalue weighted by atomic mass is 9.84. The van der Waals surface area contributed by atoms with Gasteiger partial charge in [-0.3, -0.25) is 10.1 Å². The van der Waals surface area contributed by atoms with Crippen LogP contribution in [0.1, 0.15) is 79.1 Å². The number of ether oxygens (including phenoxy) is 1. The Hall–Kier alpha value is -2.89. The van der Waals surface area contributed by atoms with E-state index >= 15 is 0 Å². The van der Waals surface area contributed by atoms with Crippen molar-refractivity contribution in [2.75, 3.05) is 18.0 Å². The number of benzene rings is 2. The Morgan fingerprint density at radius 1 is 1.03 bits per heavy atom. The number of esters is 1. The van der Waals surface area contributed by atoms with Crippen LogP contribution in [-0.4, -0.2) is 24.0 Å². The van der Waals surface area contributed by atoms with E-state index in [4.69, 9.17) is 4.74 Å². The second-order valence-electron chi connectivity index (χ2n) is 9.78. The molecule has 0 bridgehead atoms. The zero-order chi connectivity index (χ0) is 23.5. The Balaban J connectivity index is 1.78. The van der Waals surface area contributed by atoms with E-state index < -0.39 is 10.9 Å². The zero-order valence-electron chi connectivity index (χ0n) is 19.9. The molecule has 172 valence electrons. The predicted octanol–water partition coefficient (Wildman–Crippen LogP) is 6.25. The monoisotopic (exact) mass is 438 g/mol. The molecule has 0 aromatic heterocycles. The minimum absolute atomic E-state index is 0.0387. The van der Waals surface area contributed by atoms with Gasteiger partial charge in [0.15, 0.2) is 0 Å². The number of nitro benzene ring substituents is 1. The van der Waals surface area contributed by atoms with Gasteiger partial charge >= 0.3 is 5.97 Å². The maximum atomic E-state index is 12.7. The Bertz CT molecular complexity index is 976. The highest BCUT2D eigenvalue weighted by atomic mass is 16.6. The highest BCUT2D eigenvalue weighted by Gasteiger charge is 2.23. The van der Waals surface area contributed by atoms with Crippen LogP contribution in [0.3, 0.4) is 0 Å². The maximum absolute atomic E-state index is 12.7. The number of nitro groups is 1. The lowest BCUT2D eigenvalue weighted by Gasteiger charge is -2.23. The molecule has 1 saturated heterocycles. The lowest BCUT2D eigenvalue weighted by molar-refractivity contribution is -0.384. The molecule has 1 aliphatic heterocycles. The molecule has 1 aliphatic rings. The summed E-state index contributed by atoms with van der Waals surface area (Å²) in [6.07, 6.45) is 4.33. The summed E-state index contributed by atoms with van der Waals surface area (Å²) < 4.78 is 5.57. The van der Waals surface area contributed by atoms with Crippen molar-refractivity contribution in [2.45, 2.75) is 72.3 Å². The van der Waals surface area contributed by atoms with Crippen LogP contribution in [0.4, 0.5) is 11.4 Å². The summed E-state index contributed by atoms with van der Waals surface area (Å²) >= 11 is 0. The molecule has 0 saturated carbocycles. The second-order valence-corrected chi connectivity index (χ2v) is 9.78. The number of rotatable bonds is 5. The van der Waals surface area contributed by atoms with Crippen molar-refractivity contribution >= 4 is 17.3 Å². The van der Waals surface area contributed by atoms with Crippen molar-refractivity contribution in [2.24, 2.45) is 0 Å². The lowest BCUT2D eigenvalue weighted by Crippen LogP contribution is -2.24. The maximum Gasteiger partial charge on any atom is 0.338 e. The molecule has 3 rings (SSSR count). The molecule has 0 unspecified atom stereocenters. The summed E-state index contributed by atoms with van der Waals surface area (Å²) in [5.74, 6) is -0.547. The van der Waals surface area contributed by atoms with Crippen molar-refractivity contribution < 1.29 is 14.5 Å². The fourth-order valence-electron chi connectivity index (χ4n) is 4.25. The summed E-state index contributed by atoms with van der Waals surface area (Å²) in [6, 6.07) is 8.95. The Morgan fingerprint density at radius 3 is 2.16 bits per heavy atom. The zero-order valence-corrected chi connectivity index (χ0v) is 19.9. The van der Waals surface area contributed by atoms with Crippen molar-refractivity contribution in [1.82, 2.24) is 0 Å². The number of aryl methyl sites for hydroxylation is 2. The highest BCUT2D eigenvalue weighted by Crippen LogP contribution is 2.32. The molecule has 6 heteroatoms. The van der Waals surface area contributed by atoms with Crippen LogP contribution in [0.5, 0.6) is 0 Å². The van der Waals surface area contributed by atoms with Gasteiger partial charge in [0.05, 0.1) is 10.5 Å². The van der Waals surface area contributed by atoms with E-state index in [9.17, 15) is 14.9 Å². The van der Waals surface area contributed by atoms with Crippen LogP contribution in [-0.2, 0) is 16.8 Å². The summed E-state index contributed by atoms with van der Waals surface area (Å²) in [7, 11) is 0. The molecule has 1 heterocycles. The first kappa shape index (κ1) is 23.8. The highest BCUT2D eigenvalue weighted by molar-refractivity contribution is 5.91. The van der Waals surface area contributed by atoms with Gasteiger partial charge in [-0.05, 0) is 66.5 Å². The van der Waals surface area contributed by atoms with E-state index in [1.807, 2.05) is 13.8 Å². The fraction of sp³-hybridized carbons (Fsp3) is 0.500. The van der Waals surface area contributed by atoms with E-state index in [1.54, 1.807) is 12.1 Å². The Morgan fingerprint density at radius 2 is 1.62 bits per heavy atom. The smallest absolute Gasteiger partial charge is 0.338 e. The van der Waals surface area contributed by atoms with Gasteiger partial charge in [0.2, 0.25) is 0 Å². The summed E-state index contributed by atoms with van der Waals surface area (Å²) in [5, 5.41) is 11.7. The topological polar surface area (TPSA) is 72.7 Å². The molecule has 0 spiro atoms. The summed E-state index contributed by atoms with van der Waals surface area (Å²) in [5.41, 5.74) is 5.15. The minimum Gasteiger partial charge on any atom is -0.457 e. The standard InChI is InChI=1S/C26H34N2O4/c1-18-14-21(26(3,4)5)15-19(2)22(18)17-32-25(29)20-10-11-23(24(16-20)28(30)31)27-12-8-6-7-9-13-27/h10-11,14-16H,6-9,12-13,17H2,1-5H3. The van der Waals surface area contributed by atoms with E-state index in [-0.39, 0.29) is 23.3 Å². The molecule has 2 aromatic rings. The van der Waals surface area contributed by atoms with Crippen molar-refractivity contribution in [3.63, 3.8) is 0 Å². The largest absolute Gasteiger partial charge is 0.457 e. The third-order valence-electron chi connectivity index (χ3n) is 6.26. The SMILES string of the molecule is Cc1cc(C(C)(C)C)cc(C)c1COC(=O)c1ccc(N2CCCCCC2)c([N+](=O)[O-])c1. The second kappa shape index (κ2) is 9.72. The first-order valence-corrected chi connectivity index (χ1v) is 11.4. The number of carbonyl (C=O) groups excluding carboxylic acids is 1. The van der Waals surface area contributed by atoms with E-state index in [0.29, 0.717) is 5.69 Å². The minimum atomic E-state index is -0.547. The number of hydrogen-bond acceptors (Lipinski definition) is 5. The van der Waals surface area contributed by atoms with E-state index in [2.05, 4.69) is 37.8 Å². The average Bonchev–Trinajstić information content (AvgIpc) is 3.01. The molecule has 0 amide bonds. The molecule has 0 radical (unpaired) electrons. The summed E-state index contributed by atoms with van der Waals surface area (Å²) in [4.78, 5) is 26.1. The van der Waals surface area contributed by atoms with Gasteiger partial charge in [0.25, 0.3) is 5.69 Å². The first-order valence-electron chi connectivity index (χ1n) is 11.4. The molecular formula is C26H34N2O4. The molecular weight excluding hydrogens is 404 g/mol. The number of nitrogens with zero attached hydrogens (tertiary/aromatic N) is 2. The Labute approximate surface area is 190 Å². The average molecular weight is 439 g/mol. The molecule has 1 fully saturated rings. The molecule has 0 N–H and O–H groups in total. The first-order chi connectivity index (χ1) is 15.1. The van der Waals surface area contributed by atoms with Gasteiger partial charge in [-0.1, -0.05) is 45.7 Å². The third kappa shape index (κ3) is 5.47. The molecule has 2 aromatic carbocycles. The molecule has 6 nitrogen and oxygen atoms in total. The number of hydrogen-bond donors (Lipinski definition) is 0. The number of carbonyl (C=O) groups is 1. The van der Waals surface area contributed by atoms with Gasteiger partial charge < -0.3 is 9.64 Å². The number of anilines is 1. The predicted molar refractivity (Wildman–Crippen MR) is 128 cm³/mol. The molecule has 32 heavy (non-hydrogen) atoms. The quantitative estimate of drug-likeness (QED) is 0.313. The van der Waals surface area contributed by atoms with Crippen LogP contribution in [0, 0.1) is 24.0 Å². The molecule has 0 aliphatic carbocycles. The van der Waals surface area contributed by atoms with Crippen molar-refractivity contribution in [3.8, 4) is 0 Å². The third-order valence-corrected chi connectivity index (χ3v) is 6.26. The summed E-state index contributed by atoms with van der Waals surface area (Å²) in [6.45, 7) is 12.3. The van der Waals surface area contributed by atoms with Crippen LogP contribution < -0.4 is 4.90 Å². The van der Waals surface area contributed by atoms with Crippen LogP contribution in [0.15, 0.2) is 30.3 Å². The normalized spacial score (nSPS) is 14.7. The van der Waals surface area contributed by atoms with Gasteiger partial charge in [-0.25, -0.2) is 4.79 Å². The fourth-order valence-corrected chi connectivity index (χ4v) is 4.25. The van der Waals surface area contributed by atoms with Crippen LogP contribution in [0.2, 0.25) is 0 Å². The van der Waals surface area contributed by atoms with Gasteiger partial charge in [-0.15, -0.1) is 0 Å². The van der Waals surface area contributed by atoms with E-state index in [1.165, 1.54) is 11.6 Å². The van der Waals surface area contributed by atoms with Crippen molar-refractivity contribution in [3.05, 3.63) is 68.3 Å². The van der Waals surface area contributed by atoms with Gasteiger partial charge in [0.1, 0.15) is 12.3 Å². The van der Waals surface area contributed by atoms with Crippen LogP contribution >= 0.6 is 0 Å².